The first-order chi connectivity index (χ1) is 17.0. The molecular weight excluding hydrogens is 448 g/mol. The van der Waals surface area contributed by atoms with Gasteiger partial charge in [0.15, 0.2) is 0 Å². The molecule has 3 aliphatic rings. The van der Waals surface area contributed by atoms with Crippen LogP contribution in [0, 0.1) is 11.8 Å². The molecule has 35 heavy (non-hydrogen) atoms. The molecule has 5 rings (SSSR count). The molecule has 2 aromatic rings. The van der Waals surface area contributed by atoms with Gasteiger partial charge < -0.3 is 24.8 Å². The summed E-state index contributed by atoms with van der Waals surface area (Å²) < 4.78 is 11.3. The van der Waals surface area contributed by atoms with Gasteiger partial charge in [0.2, 0.25) is 0 Å². The molecule has 8 heteroatoms. The van der Waals surface area contributed by atoms with Gasteiger partial charge in [0.05, 0.1) is 5.92 Å². The Hall–Kier alpha value is -3.39. The Morgan fingerprint density at radius 1 is 1.03 bits per heavy atom. The summed E-state index contributed by atoms with van der Waals surface area (Å²) in [7, 11) is 0. The predicted molar refractivity (Wildman–Crippen MR) is 128 cm³/mol. The summed E-state index contributed by atoms with van der Waals surface area (Å²) in [4.78, 5) is 38.5. The Balaban J connectivity index is 1.15. The highest BCUT2D eigenvalue weighted by Gasteiger charge is 2.39. The number of amides is 2. The third kappa shape index (κ3) is 4.75. The van der Waals surface area contributed by atoms with Crippen molar-refractivity contribution in [3.63, 3.8) is 0 Å². The number of piperidine rings is 1. The van der Waals surface area contributed by atoms with Crippen molar-refractivity contribution in [3.05, 3.63) is 59.7 Å². The van der Waals surface area contributed by atoms with Crippen LogP contribution in [-0.2, 0) is 19.1 Å². The molecule has 2 aromatic carbocycles. The molecule has 0 unspecified atom stereocenters. The third-order valence-electron chi connectivity index (χ3n) is 7.39. The maximum atomic E-state index is 13.0. The van der Waals surface area contributed by atoms with E-state index in [-0.39, 0.29) is 37.4 Å². The van der Waals surface area contributed by atoms with Gasteiger partial charge in [0, 0.05) is 38.1 Å². The minimum Gasteiger partial charge on any atom is -0.481 e. The van der Waals surface area contributed by atoms with Crippen molar-refractivity contribution in [2.24, 2.45) is 11.8 Å². The van der Waals surface area contributed by atoms with E-state index in [4.69, 9.17) is 9.47 Å². The van der Waals surface area contributed by atoms with Crippen LogP contribution in [0.4, 0.5) is 4.79 Å². The lowest BCUT2D eigenvalue weighted by Crippen LogP contribution is -2.49. The SMILES string of the molecule is O=C(NC[C@H]1CCO[C@H]1C(=O)N1CCC[C@@H](C(=O)O)C1)OCC1c2ccccc2-c2ccccc21. The number of likely N-dealkylation sites (tertiary alicyclic amines) is 1. The topological polar surface area (TPSA) is 105 Å². The van der Waals surface area contributed by atoms with Gasteiger partial charge in [-0.25, -0.2) is 4.79 Å². The summed E-state index contributed by atoms with van der Waals surface area (Å²) in [5.41, 5.74) is 4.64. The fraction of sp³-hybridized carbons (Fsp3) is 0.444. The van der Waals surface area contributed by atoms with Crippen LogP contribution < -0.4 is 5.32 Å². The zero-order valence-corrected chi connectivity index (χ0v) is 19.5. The number of hydrogen-bond acceptors (Lipinski definition) is 5. The first kappa shape index (κ1) is 23.4. The number of alkyl carbamates (subject to hydrolysis) is 1. The molecule has 2 heterocycles. The summed E-state index contributed by atoms with van der Waals surface area (Å²) in [5, 5.41) is 12.1. The summed E-state index contributed by atoms with van der Waals surface area (Å²) in [6.45, 7) is 1.68. The Kier molecular flexibility index (Phi) is 6.72. The van der Waals surface area contributed by atoms with Crippen molar-refractivity contribution in [1.29, 1.82) is 0 Å². The van der Waals surface area contributed by atoms with Crippen LogP contribution in [0.1, 0.15) is 36.3 Å². The number of nitrogens with one attached hydrogen (secondary N) is 1. The van der Waals surface area contributed by atoms with Gasteiger partial charge in [0.25, 0.3) is 5.91 Å². The quantitative estimate of drug-likeness (QED) is 0.660. The molecule has 0 radical (unpaired) electrons. The molecule has 0 bridgehead atoms. The molecule has 8 nitrogen and oxygen atoms in total. The Morgan fingerprint density at radius 2 is 1.71 bits per heavy atom. The number of ether oxygens (including phenoxy) is 2. The van der Waals surface area contributed by atoms with E-state index in [0.29, 0.717) is 32.4 Å². The fourth-order valence-corrected chi connectivity index (χ4v) is 5.54. The summed E-state index contributed by atoms with van der Waals surface area (Å²) in [6, 6.07) is 16.3. The zero-order chi connectivity index (χ0) is 24.4. The number of rotatable bonds is 6. The Morgan fingerprint density at radius 3 is 2.40 bits per heavy atom. The second-order valence-corrected chi connectivity index (χ2v) is 9.51. The molecule has 0 spiro atoms. The largest absolute Gasteiger partial charge is 0.481 e. The monoisotopic (exact) mass is 478 g/mol. The van der Waals surface area contributed by atoms with Gasteiger partial charge in [-0.15, -0.1) is 0 Å². The third-order valence-corrected chi connectivity index (χ3v) is 7.39. The molecule has 2 N–H and O–H groups in total. The normalized spacial score (nSPS) is 23.4. The Bertz CT molecular complexity index is 1070. The van der Waals surface area contributed by atoms with Crippen LogP contribution in [0.5, 0.6) is 0 Å². The molecular formula is C27H30N2O6. The Labute approximate surface area is 204 Å². The van der Waals surface area contributed by atoms with E-state index < -0.39 is 24.1 Å². The maximum absolute atomic E-state index is 13.0. The van der Waals surface area contributed by atoms with E-state index in [1.165, 1.54) is 11.1 Å². The van der Waals surface area contributed by atoms with E-state index in [0.717, 1.165) is 11.1 Å². The van der Waals surface area contributed by atoms with Crippen LogP contribution in [0.25, 0.3) is 11.1 Å². The highest BCUT2D eigenvalue weighted by atomic mass is 16.5. The lowest BCUT2D eigenvalue weighted by Gasteiger charge is -2.33. The number of aliphatic carboxylic acids is 1. The van der Waals surface area contributed by atoms with Crippen LogP contribution in [0.3, 0.4) is 0 Å². The van der Waals surface area contributed by atoms with E-state index in [2.05, 4.69) is 29.6 Å². The van der Waals surface area contributed by atoms with Gasteiger partial charge in [0.1, 0.15) is 12.7 Å². The molecule has 2 fully saturated rings. The standard InChI is InChI=1S/C27H30N2O6/c30-25(29-12-5-6-18(15-29)26(31)32)24-17(11-13-34-24)14-28-27(33)35-16-23-21-9-3-1-7-19(21)20-8-2-4-10-22(20)23/h1-4,7-10,17-18,23-24H,5-6,11-16H2,(H,28,33)(H,31,32)/t17-,18-,24-/m1/s1. The van der Waals surface area contributed by atoms with Crippen molar-refractivity contribution in [2.45, 2.75) is 31.3 Å². The maximum Gasteiger partial charge on any atom is 0.407 e. The first-order valence-corrected chi connectivity index (χ1v) is 12.2. The molecule has 184 valence electrons. The number of benzene rings is 2. The number of hydrogen-bond donors (Lipinski definition) is 2. The number of carboxylic acid groups (broad SMARTS) is 1. The van der Waals surface area contributed by atoms with Crippen molar-refractivity contribution >= 4 is 18.0 Å². The molecule has 2 saturated heterocycles. The summed E-state index contributed by atoms with van der Waals surface area (Å²) in [6.07, 6.45) is 0.705. The van der Waals surface area contributed by atoms with Crippen LogP contribution >= 0.6 is 0 Å². The highest BCUT2D eigenvalue weighted by Crippen LogP contribution is 2.44. The number of carbonyl (C=O) groups excluding carboxylic acids is 2. The van der Waals surface area contributed by atoms with E-state index >= 15 is 0 Å². The number of carboxylic acids is 1. The average Bonchev–Trinajstić information content (AvgIpc) is 3.48. The average molecular weight is 479 g/mol. The predicted octanol–water partition coefficient (Wildman–Crippen LogP) is 3.25. The zero-order valence-electron chi connectivity index (χ0n) is 19.5. The molecule has 2 aliphatic heterocycles. The van der Waals surface area contributed by atoms with E-state index in [1.54, 1.807) is 4.90 Å². The van der Waals surface area contributed by atoms with Crippen LogP contribution in [0.15, 0.2) is 48.5 Å². The van der Waals surface area contributed by atoms with Gasteiger partial charge in [-0.1, -0.05) is 48.5 Å². The second-order valence-electron chi connectivity index (χ2n) is 9.51. The molecule has 3 atom stereocenters. The van der Waals surface area contributed by atoms with Crippen LogP contribution in [0.2, 0.25) is 0 Å². The smallest absolute Gasteiger partial charge is 0.407 e. The van der Waals surface area contributed by atoms with Gasteiger partial charge in [-0.2, -0.15) is 0 Å². The number of fused-ring (bicyclic) bond motifs is 3. The van der Waals surface area contributed by atoms with E-state index in [9.17, 15) is 19.5 Å². The van der Waals surface area contributed by atoms with Crippen molar-refractivity contribution in [2.75, 3.05) is 32.8 Å². The molecule has 1 aliphatic carbocycles. The van der Waals surface area contributed by atoms with Crippen molar-refractivity contribution in [3.8, 4) is 11.1 Å². The second kappa shape index (κ2) is 10.1. The van der Waals surface area contributed by atoms with Gasteiger partial charge in [-0.05, 0) is 41.5 Å². The first-order valence-electron chi connectivity index (χ1n) is 12.2. The minimum absolute atomic E-state index is 0.0152. The number of carbonyl (C=O) groups is 3. The molecule has 0 aromatic heterocycles. The molecule has 0 saturated carbocycles. The lowest BCUT2D eigenvalue weighted by molar-refractivity contribution is -0.149. The van der Waals surface area contributed by atoms with Gasteiger partial charge in [-0.3, -0.25) is 9.59 Å². The van der Waals surface area contributed by atoms with Crippen molar-refractivity contribution in [1.82, 2.24) is 10.2 Å². The lowest BCUT2D eigenvalue weighted by atomic mass is 9.95. The van der Waals surface area contributed by atoms with E-state index in [1.807, 2.05) is 24.3 Å². The van der Waals surface area contributed by atoms with Crippen molar-refractivity contribution < 1.29 is 29.0 Å². The summed E-state index contributed by atoms with van der Waals surface area (Å²) >= 11 is 0. The minimum atomic E-state index is -0.872. The van der Waals surface area contributed by atoms with Gasteiger partial charge >= 0.3 is 12.1 Å². The number of nitrogens with zero attached hydrogens (tertiary/aromatic N) is 1. The molecule has 2 amide bonds. The fourth-order valence-electron chi connectivity index (χ4n) is 5.54. The van der Waals surface area contributed by atoms with Crippen LogP contribution in [-0.4, -0.2) is 66.9 Å². The highest BCUT2D eigenvalue weighted by molar-refractivity contribution is 5.83. The summed E-state index contributed by atoms with van der Waals surface area (Å²) in [5.74, 6) is -1.78.